The minimum absolute atomic E-state index is 0.0358. The first-order valence-electron chi connectivity index (χ1n) is 6.79. The Kier molecular flexibility index (Phi) is 5.44. The number of aryl methyl sites for hydroxylation is 2. The van der Waals surface area contributed by atoms with Crippen LogP contribution in [0, 0.1) is 6.92 Å². The molecule has 0 radical (unpaired) electrons. The van der Waals surface area contributed by atoms with E-state index in [1.54, 1.807) is 11.3 Å². The third-order valence-corrected chi connectivity index (χ3v) is 4.23. The van der Waals surface area contributed by atoms with Crippen LogP contribution < -0.4 is 0 Å². The van der Waals surface area contributed by atoms with Crippen molar-refractivity contribution in [1.29, 1.82) is 0 Å². The van der Waals surface area contributed by atoms with Gasteiger partial charge < -0.3 is 4.74 Å². The molecule has 0 aliphatic carbocycles. The normalized spacial score (nSPS) is 10.7. The van der Waals surface area contributed by atoms with E-state index in [0.717, 1.165) is 24.1 Å². The van der Waals surface area contributed by atoms with Crippen molar-refractivity contribution in [3.8, 4) is 0 Å². The highest BCUT2D eigenvalue weighted by Crippen LogP contribution is 2.12. The topological polar surface area (TPSA) is 39.2 Å². The summed E-state index contributed by atoms with van der Waals surface area (Å²) in [5, 5.41) is 0. The van der Waals surface area contributed by atoms with Crippen molar-refractivity contribution in [3.63, 3.8) is 0 Å². The molecule has 0 saturated heterocycles. The number of Topliss-reactive ketones (excluding diaryl/α,β-unsaturated/α-hetero) is 1. The summed E-state index contributed by atoms with van der Waals surface area (Å²) in [7, 11) is 0. The zero-order chi connectivity index (χ0) is 14.4. The Bertz CT molecular complexity index is 560. The van der Waals surface area contributed by atoms with Crippen molar-refractivity contribution in [1.82, 2.24) is 4.98 Å². The van der Waals surface area contributed by atoms with Crippen LogP contribution in [0.2, 0.25) is 0 Å². The number of hydrogen-bond acceptors (Lipinski definition) is 4. The lowest BCUT2D eigenvalue weighted by Gasteiger charge is -2.04. The second-order valence-electron chi connectivity index (χ2n) is 4.64. The van der Waals surface area contributed by atoms with Crippen LogP contribution in [-0.4, -0.2) is 24.0 Å². The van der Waals surface area contributed by atoms with E-state index in [4.69, 9.17) is 4.74 Å². The van der Waals surface area contributed by atoms with Gasteiger partial charge in [-0.3, -0.25) is 4.79 Å². The van der Waals surface area contributed by atoms with Gasteiger partial charge >= 0.3 is 0 Å². The molecule has 0 aliphatic heterocycles. The zero-order valence-electron chi connectivity index (χ0n) is 11.9. The van der Waals surface area contributed by atoms with Crippen molar-refractivity contribution in [2.75, 3.05) is 13.2 Å². The first kappa shape index (κ1) is 14.9. The second-order valence-corrected chi connectivity index (χ2v) is 5.58. The molecule has 0 fully saturated rings. The summed E-state index contributed by atoms with van der Waals surface area (Å²) in [6.07, 6.45) is 1.80. The molecule has 2 rings (SSSR count). The molecule has 0 amide bonds. The molecule has 1 aromatic carbocycles. The molecule has 20 heavy (non-hydrogen) atoms. The minimum atomic E-state index is 0.0358. The molecule has 0 bridgehead atoms. The number of carbonyl (C=O) groups is 1. The van der Waals surface area contributed by atoms with Gasteiger partial charge in [-0.25, -0.2) is 4.98 Å². The van der Waals surface area contributed by atoms with Crippen molar-refractivity contribution in [2.24, 2.45) is 0 Å². The number of carbonyl (C=O) groups excluding carboxylic acids is 1. The lowest BCUT2D eigenvalue weighted by atomic mass is 10.1. The van der Waals surface area contributed by atoms with Gasteiger partial charge in [0.15, 0.2) is 5.78 Å². The van der Waals surface area contributed by atoms with Gasteiger partial charge in [0.1, 0.15) is 6.61 Å². The highest BCUT2D eigenvalue weighted by molar-refractivity contribution is 7.09. The van der Waals surface area contributed by atoms with Crippen LogP contribution >= 0.6 is 11.3 Å². The van der Waals surface area contributed by atoms with Gasteiger partial charge in [0.05, 0.1) is 17.8 Å². The molecule has 4 heteroatoms. The quantitative estimate of drug-likeness (QED) is 0.579. The maximum atomic E-state index is 11.9. The molecule has 0 aliphatic rings. The largest absolute Gasteiger partial charge is 0.373 e. The maximum absolute atomic E-state index is 11.9. The molecule has 1 heterocycles. The van der Waals surface area contributed by atoms with Crippen LogP contribution in [0.3, 0.4) is 0 Å². The Morgan fingerprint density at radius 3 is 2.65 bits per heavy atom. The zero-order valence-corrected chi connectivity index (χ0v) is 12.7. The van der Waals surface area contributed by atoms with Crippen LogP contribution in [0.4, 0.5) is 0 Å². The third-order valence-electron chi connectivity index (χ3n) is 3.24. The SMILES string of the molecule is CCc1ccc(C(=O)COCCc2scnc2C)cc1. The third kappa shape index (κ3) is 3.99. The summed E-state index contributed by atoms with van der Waals surface area (Å²) in [5.74, 6) is 0.0358. The standard InChI is InChI=1S/C16H19NO2S/c1-3-13-4-6-14(7-5-13)15(18)10-19-9-8-16-12(2)17-11-20-16/h4-7,11H,3,8-10H2,1-2H3. The summed E-state index contributed by atoms with van der Waals surface area (Å²) in [6, 6.07) is 7.73. The lowest BCUT2D eigenvalue weighted by Crippen LogP contribution is -2.11. The molecule has 0 spiro atoms. The van der Waals surface area contributed by atoms with Crippen molar-refractivity contribution in [2.45, 2.75) is 26.7 Å². The molecule has 3 nitrogen and oxygen atoms in total. The number of ether oxygens (including phenoxy) is 1. The summed E-state index contributed by atoms with van der Waals surface area (Å²) in [6.45, 7) is 4.79. The first-order chi connectivity index (χ1) is 9.70. The first-order valence-corrected chi connectivity index (χ1v) is 7.67. The molecular weight excluding hydrogens is 270 g/mol. The van der Waals surface area contributed by atoms with E-state index in [-0.39, 0.29) is 12.4 Å². The molecule has 0 N–H and O–H groups in total. The molecule has 106 valence electrons. The average Bonchev–Trinajstić information content (AvgIpc) is 2.89. The molecule has 0 unspecified atom stereocenters. The van der Waals surface area contributed by atoms with E-state index < -0.39 is 0 Å². The van der Waals surface area contributed by atoms with Crippen LogP contribution in [-0.2, 0) is 17.6 Å². The Morgan fingerprint density at radius 1 is 1.30 bits per heavy atom. The van der Waals surface area contributed by atoms with E-state index in [2.05, 4.69) is 11.9 Å². The predicted octanol–water partition coefficient (Wildman–Crippen LogP) is 3.46. The molecule has 0 atom stereocenters. The smallest absolute Gasteiger partial charge is 0.188 e. The number of benzene rings is 1. The van der Waals surface area contributed by atoms with Gasteiger partial charge in [-0.1, -0.05) is 31.2 Å². The second kappa shape index (κ2) is 7.31. The summed E-state index contributed by atoms with van der Waals surface area (Å²) in [4.78, 5) is 17.4. The number of rotatable bonds is 7. The van der Waals surface area contributed by atoms with E-state index in [0.29, 0.717) is 6.61 Å². The fraction of sp³-hybridized carbons (Fsp3) is 0.375. The number of hydrogen-bond donors (Lipinski definition) is 0. The van der Waals surface area contributed by atoms with Crippen LogP contribution in [0.25, 0.3) is 0 Å². The fourth-order valence-electron chi connectivity index (χ4n) is 1.91. The van der Waals surface area contributed by atoms with E-state index >= 15 is 0 Å². The highest BCUT2D eigenvalue weighted by Gasteiger charge is 2.06. The number of aromatic nitrogens is 1. The molecule has 2 aromatic rings. The van der Waals surface area contributed by atoms with Crippen LogP contribution in [0.5, 0.6) is 0 Å². The van der Waals surface area contributed by atoms with E-state index in [1.165, 1.54) is 10.4 Å². The van der Waals surface area contributed by atoms with Gasteiger partial charge in [-0.05, 0) is 18.9 Å². The van der Waals surface area contributed by atoms with Gasteiger partial charge in [-0.2, -0.15) is 0 Å². The maximum Gasteiger partial charge on any atom is 0.188 e. The van der Waals surface area contributed by atoms with Gasteiger partial charge in [0.25, 0.3) is 0 Å². The number of nitrogens with zero attached hydrogens (tertiary/aromatic N) is 1. The van der Waals surface area contributed by atoms with E-state index in [1.807, 2.05) is 36.7 Å². The Hall–Kier alpha value is -1.52. The fourth-order valence-corrected chi connectivity index (χ4v) is 2.67. The van der Waals surface area contributed by atoms with Gasteiger partial charge in [0.2, 0.25) is 0 Å². The van der Waals surface area contributed by atoms with Crippen molar-refractivity contribution < 1.29 is 9.53 Å². The van der Waals surface area contributed by atoms with E-state index in [9.17, 15) is 4.79 Å². The summed E-state index contributed by atoms with van der Waals surface area (Å²) in [5.41, 5.74) is 4.85. The van der Waals surface area contributed by atoms with Gasteiger partial charge in [0, 0.05) is 16.9 Å². The Labute approximate surface area is 123 Å². The van der Waals surface area contributed by atoms with Crippen molar-refractivity contribution >= 4 is 17.1 Å². The predicted molar refractivity (Wildman–Crippen MR) is 81.5 cm³/mol. The number of thiazole rings is 1. The van der Waals surface area contributed by atoms with Gasteiger partial charge in [-0.15, -0.1) is 11.3 Å². The lowest BCUT2D eigenvalue weighted by molar-refractivity contribution is 0.0766. The molecule has 1 aromatic heterocycles. The number of ketones is 1. The molecule has 0 saturated carbocycles. The monoisotopic (exact) mass is 289 g/mol. The Morgan fingerprint density at radius 2 is 2.05 bits per heavy atom. The van der Waals surface area contributed by atoms with Crippen molar-refractivity contribution in [3.05, 3.63) is 51.5 Å². The van der Waals surface area contributed by atoms with Crippen LogP contribution in [0.15, 0.2) is 29.8 Å². The average molecular weight is 289 g/mol. The minimum Gasteiger partial charge on any atom is -0.373 e. The van der Waals surface area contributed by atoms with Crippen LogP contribution in [0.1, 0.15) is 33.4 Å². The highest BCUT2D eigenvalue weighted by atomic mass is 32.1. The Balaban J connectivity index is 1.76. The summed E-state index contributed by atoms with van der Waals surface area (Å²) < 4.78 is 5.46. The summed E-state index contributed by atoms with van der Waals surface area (Å²) >= 11 is 1.63. The molecular formula is C16H19NO2S.